The number of amides is 1. The number of nitrogens with zero attached hydrogens (tertiary/aromatic N) is 1. The first-order valence-electron chi connectivity index (χ1n) is 4.78. The molecule has 0 heterocycles. The first kappa shape index (κ1) is 12.0. The molecule has 0 spiro atoms. The van der Waals surface area contributed by atoms with Gasteiger partial charge in [0.25, 0.3) is 5.91 Å². The second-order valence-electron chi connectivity index (χ2n) is 3.49. The van der Waals surface area contributed by atoms with E-state index in [1.54, 1.807) is 23.1 Å². The lowest BCUT2D eigenvalue weighted by molar-refractivity contribution is -0.135. The van der Waals surface area contributed by atoms with Crippen molar-refractivity contribution in [3.8, 4) is 0 Å². The van der Waals surface area contributed by atoms with Crippen LogP contribution in [0.1, 0.15) is 10.4 Å². The number of benzene rings is 1. The van der Waals surface area contributed by atoms with Crippen molar-refractivity contribution in [1.29, 1.82) is 0 Å². The molecule has 86 valence electrons. The van der Waals surface area contributed by atoms with Crippen LogP contribution in [-0.4, -0.2) is 37.6 Å². The molecule has 16 heavy (non-hydrogen) atoms. The Balaban J connectivity index is 2.86. The molecular weight excluding hydrogens is 208 g/mol. The Morgan fingerprint density at radius 2 is 1.94 bits per heavy atom. The Hall–Kier alpha value is -2.04. The number of hydrogen-bond acceptors (Lipinski definition) is 3. The van der Waals surface area contributed by atoms with Crippen LogP contribution in [0.3, 0.4) is 0 Å². The lowest BCUT2D eigenvalue weighted by atomic mass is 10.1. The van der Waals surface area contributed by atoms with Gasteiger partial charge in [0.2, 0.25) is 0 Å². The number of rotatable bonds is 4. The maximum absolute atomic E-state index is 11.7. The van der Waals surface area contributed by atoms with Crippen LogP contribution in [-0.2, 0) is 4.79 Å². The summed E-state index contributed by atoms with van der Waals surface area (Å²) in [4.78, 5) is 23.8. The quantitative estimate of drug-likeness (QED) is 0.781. The van der Waals surface area contributed by atoms with Crippen LogP contribution in [0.15, 0.2) is 24.3 Å². The lowest BCUT2D eigenvalue weighted by Gasteiger charge is -2.16. The summed E-state index contributed by atoms with van der Waals surface area (Å²) >= 11 is 0. The summed E-state index contributed by atoms with van der Waals surface area (Å²) in [6.45, 7) is -0.374. The minimum Gasteiger partial charge on any atom is -0.480 e. The van der Waals surface area contributed by atoms with Crippen molar-refractivity contribution in [1.82, 2.24) is 5.32 Å². The van der Waals surface area contributed by atoms with Crippen LogP contribution >= 0.6 is 0 Å². The standard InChI is InChI=1S/C11H14N2O3/c1-13(2)9-6-4-3-5-8(9)11(16)12-7-10(14)15/h3-6H,7H2,1-2H3,(H,12,16)(H,14,15). The molecule has 5 nitrogen and oxygen atoms in total. The highest BCUT2D eigenvalue weighted by atomic mass is 16.4. The number of aliphatic carboxylic acids is 1. The number of carbonyl (C=O) groups excluding carboxylic acids is 1. The summed E-state index contributed by atoms with van der Waals surface area (Å²) < 4.78 is 0. The number of nitrogens with one attached hydrogen (secondary N) is 1. The molecule has 1 amide bonds. The zero-order valence-corrected chi connectivity index (χ0v) is 9.23. The van der Waals surface area contributed by atoms with Crippen LogP contribution in [0.25, 0.3) is 0 Å². The van der Waals surface area contributed by atoms with Gasteiger partial charge in [0.1, 0.15) is 6.54 Å². The Labute approximate surface area is 93.7 Å². The van der Waals surface area contributed by atoms with E-state index in [2.05, 4.69) is 5.32 Å². The van der Waals surface area contributed by atoms with Crippen molar-refractivity contribution in [2.24, 2.45) is 0 Å². The second-order valence-corrected chi connectivity index (χ2v) is 3.49. The van der Waals surface area contributed by atoms with E-state index in [-0.39, 0.29) is 12.5 Å². The van der Waals surface area contributed by atoms with E-state index in [1.165, 1.54) is 0 Å². The Bertz CT molecular complexity index is 402. The Kier molecular flexibility index (Phi) is 3.88. The third-order valence-electron chi connectivity index (χ3n) is 2.03. The summed E-state index contributed by atoms with van der Waals surface area (Å²) in [5.74, 6) is -1.44. The van der Waals surface area contributed by atoms with Gasteiger partial charge in [0.05, 0.1) is 5.56 Å². The van der Waals surface area contributed by atoms with Crippen LogP contribution in [0.5, 0.6) is 0 Å². The smallest absolute Gasteiger partial charge is 0.322 e. The van der Waals surface area contributed by atoms with E-state index < -0.39 is 5.97 Å². The lowest BCUT2D eigenvalue weighted by Crippen LogP contribution is -2.30. The van der Waals surface area contributed by atoms with Gasteiger partial charge in [-0.3, -0.25) is 9.59 Å². The predicted octanol–water partition coefficient (Wildman–Crippen LogP) is 0.567. The third kappa shape index (κ3) is 2.98. The van der Waals surface area contributed by atoms with E-state index in [9.17, 15) is 9.59 Å². The molecular formula is C11H14N2O3. The molecule has 0 aliphatic carbocycles. The van der Waals surface area contributed by atoms with Gasteiger partial charge in [-0.05, 0) is 12.1 Å². The minimum atomic E-state index is -1.06. The van der Waals surface area contributed by atoms with Crippen molar-refractivity contribution in [3.05, 3.63) is 29.8 Å². The molecule has 0 radical (unpaired) electrons. The monoisotopic (exact) mass is 222 g/mol. The van der Waals surface area contributed by atoms with Crippen LogP contribution < -0.4 is 10.2 Å². The van der Waals surface area contributed by atoms with Gasteiger partial charge in [-0.2, -0.15) is 0 Å². The molecule has 0 aliphatic heterocycles. The van der Waals surface area contributed by atoms with Crippen molar-refractivity contribution in [2.45, 2.75) is 0 Å². The summed E-state index contributed by atoms with van der Waals surface area (Å²) in [5.41, 5.74) is 1.22. The molecule has 0 fully saturated rings. The summed E-state index contributed by atoms with van der Waals surface area (Å²) in [6.07, 6.45) is 0. The summed E-state index contributed by atoms with van der Waals surface area (Å²) in [6, 6.07) is 7.02. The molecule has 1 aromatic rings. The maximum Gasteiger partial charge on any atom is 0.322 e. The summed E-state index contributed by atoms with van der Waals surface area (Å²) in [5, 5.41) is 10.8. The van der Waals surface area contributed by atoms with Crippen LogP contribution in [0.4, 0.5) is 5.69 Å². The van der Waals surface area contributed by atoms with Gasteiger partial charge >= 0.3 is 5.97 Å². The van der Waals surface area contributed by atoms with Gasteiger partial charge in [-0.25, -0.2) is 0 Å². The Morgan fingerprint density at radius 1 is 1.31 bits per heavy atom. The number of carboxylic acids is 1. The SMILES string of the molecule is CN(C)c1ccccc1C(=O)NCC(=O)O. The summed E-state index contributed by atoms with van der Waals surface area (Å²) in [7, 11) is 3.65. The molecule has 5 heteroatoms. The van der Waals surface area contributed by atoms with Crippen LogP contribution in [0.2, 0.25) is 0 Å². The first-order chi connectivity index (χ1) is 7.52. The number of anilines is 1. The second kappa shape index (κ2) is 5.16. The molecule has 0 aliphatic rings. The third-order valence-corrected chi connectivity index (χ3v) is 2.03. The number of carboxylic acid groups (broad SMARTS) is 1. The predicted molar refractivity (Wildman–Crippen MR) is 60.7 cm³/mol. The molecule has 0 saturated heterocycles. The van der Waals surface area contributed by atoms with Crippen molar-refractivity contribution in [3.63, 3.8) is 0 Å². The average molecular weight is 222 g/mol. The van der Waals surface area contributed by atoms with Crippen molar-refractivity contribution < 1.29 is 14.7 Å². The molecule has 0 unspecified atom stereocenters. The topological polar surface area (TPSA) is 69.6 Å². The van der Waals surface area contributed by atoms with Gasteiger partial charge in [0, 0.05) is 19.8 Å². The van der Waals surface area contributed by atoms with Crippen molar-refractivity contribution >= 4 is 17.6 Å². The molecule has 2 N–H and O–H groups in total. The average Bonchev–Trinajstić information content (AvgIpc) is 2.25. The fourth-order valence-electron chi connectivity index (χ4n) is 1.31. The number of carbonyl (C=O) groups is 2. The number of para-hydroxylation sites is 1. The molecule has 0 atom stereocenters. The van der Waals surface area contributed by atoms with E-state index >= 15 is 0 Å². The largest absolute Gasteiger partial charge is 0.480 e. The first-order valence-corrected chi connectivity index (χ1v) is 4.78. The Morgan fingerprint density at radius 3 is 2.50 bits per heavy atom. The maximum atomic E-state index is 11.7. The normalized spacial score (nSPS) is 9.62. The van der Waals surface area contributed by atoms with Gasteiger partial charge in [-0.1, -0.05) is 12.1 Å². The number of hydrogen-bond donors (Lipinski definition) is 2. The fraction of sp³-hybridized carbons (Fsp3) is 0.273. The van der Waals surface area contributed by atoms with E-state index in [1.807, 2.05) is 20.2 Å². The van der Waals surface area contributed by atoms with E-state index in [4.69, 9.17) is 5.11 Å². The highest BCUT2D eigenvalue weighted by molar-refractivity contribution is 6.00. The van der Waals surface area contributed by atoms with Gasteiger partial charge < -0.3 is 15.3 Å². The molecule has 0 bridgehead atoms. The zero-order valence-electron chi connectivity index (χ0n) is 9.23. The minimum absolute atomic E-state index is 0.374. The highest BCUT2D eigenvalue weighted by Gasteiger charge is 2.12. The van der Waals surface area contributed by atoms with Gasteiger partial charge in [0.15, 0.2) is 0 Å². The van der Waals surface area contributed by atoms with Crippen LogP contribution in [0, 0.1) is 0 Å². The molecule has 1 aromatic carbocycles. The molecule has 1 rings (SSSR count). The van der Waals surface area contributed by atoms with Crippen molar-refractivity contribution in [2.75, 3.05) is 25.5 Å². The molecule has 0 aromatic heterocycles. The van der Waals surface area contributed by atoms with Gasteiger partial charge in [-0.15, -0.1) is 0 Å². The van der Waals surface area contributed by atoms with E-state index in [0.29, 0.717) is 5.56 Å². The van der Waals surface area contributed by atoms with E-state index in [0.717, 1.165) is 5.69 Å². The molecule has 0 saturated carbocycles. The fourth-order valence-corrected chi connectivity index (χ4v) is 1.31. The highest BCUT2D eigenvalue weighted by Crippen LogP contribution is 2.17. The zero-order chi connectivity index (χ0) is 12.1.